The Hall–Kier alpha value is 0.450. The number of nitriles is 1. The fourth-order valence-electron chi connectivity index (χ4n) is 0.0299. The molecule has 0 saturated carbocycles. The summed E-state index contributed by atoms with van der Waals surface area (Å²) in [5.41, 5.74) is 0. The molecule has 0 aromatic heterocycles. The highest BCUT2D eigenvalue weighted by Gasteiger charge is 2.15. The Morgan fingerprint density at radius 1 is 1.86 bits per heavy atom. The van der Waals surface area contributed by atoms with Crippen molar-refractivity contribution in [1.82, 2.24) is 0 Å². The van der Waals surface area contributed by atoms with Crippen molar-refractivity contribution in [2.75, 3.05) is 5.33 Å². The van der Waals surface area contributed by atoms with Crippen LogP contribution in [0, 0.1) is 11.3 Å². The van der Waals surface area contributed by atoms with Crippen LogP contribution in [0.5, 0.6) is 0 Å². The normalized spacial score (nSPS) is 17.4. The van der Waals surface area contributed by atoms with Crippen LogP contribution in [0.3, 0.4) is 0 Å². The highest BCUT2D eigenvalue weighted by atomic mass is 79.9. The van der Waals surface area contributed by atoms with E-state index >= 15 is 0 Å². The molecule has 0 spiro atoms. The molecule has 0 heterocycles. The van der Waals surface area contributed by atoms with Gasteiger partial charge in [-0.15, -0.1) is 0 Å². The molecule has 3 heteroatoms. The molecule has 1 atom stereocenters. The molecule has 0 fully saturated rings. The second-order valence-corrected chi connectivity index (χ2v) is 3.75. The van der Waals surface area contributed by atoms with Crippen molar-refractivity contribution in [2.45, 2.75) is 11.2 Å². The standard InChI is InChI=1S/C4H5Br2N/c1-4(6,2-5)3-7/h2H2,1H3/t4-/m0/s1. The van der Waals surface area contributed by atoms with Crippen molar-refractivity contribution < 1.29 is 0 Å². The van der Waals surface area contributed by atoms with Crippen LogP contribution in [-0.4, -0.2) is 9.65 Å². The van der Waals surface area contributed by atoms with E-state index < -0.39 is 0 Å². The van der Waals surface area contributed by atoms with Gasteiger partial charge in [-0.05, 0) is 6.92 Å². The second-order valence-electron chi connectivity index (χ2n) is 1.44. The molecule has 7 heavy (non-hydrogen) atoms. The van der Waals surface area contributed by atoms with Crippen LogP contribution in [-0.2, 0) is 0 Å². The van der Waals surface area contributed by atoms with Crippen LogP contribution >= 0.6 is 31.9 Å². The summed E-state index contributed by atoms with van der Waals surface area (Å²) in [5, 5.41) is 8.93. The summed E-state index contributed by atoms with van der Waals surface area (Å²) in [6.45, 7) is 1.81. The van der Waals surface area contributed by atoms with Gasteiger partial charge >= 0.3 is 0 Å². The smallest absolute Gasteiger partial charge is 0.119 e. The number of alkyl halides is 2. The van der Waals surface area contributed by atoms with E-state index in [2.05, 4.69) is 37.9 Å². The summed E-state index contributed by atoms with van der Waals surface area (Å²) in [6, 6.07) is 2.06. The van der Waals surface area contributed by atoms with Gasteiger partial charge in [-0.25, -0.2) is 0 Å². The number of halogens is 2. The predicted molar refractivity (Wildman–Crippen MR) is 36.7 cm³/mol. The van der Waals surface area contributed by atoms with E-state index in [-0.39, 0.29) is 4.32 Å². The molecule has 0 aliphatic rings. The van der Waals surface area contributed by atoms with Crippen molar-refractivity contribution in [3.63, 3.8) is 0 Å². The average Bonchev–Trinajstić information content (AvgIpc) is 1.68. The van der Waals surface area contributed by atoms with Gasteiger partial charge in [0.25, 0.3) is 0 Å². The molecule has 0 radical (unpaired) electrons. The molecule has 0 aromatic carbocycles. The lowest BCUT2D eigenvalue weighted by Gasteiger charge is -2.04. The summed E-state index contributed by atoms with van der Waals surface area (Å²) in [5.74, 6) is 0. The van der Waals surface area contributed by atoms with Crippen LogP contribution < -0.4 is 0 Å². The third-order valence-electron chi connectivity index (χ3n) is 0.484. The molecular formula is C4H5Br2N. The molecular weight excluding hydrogens is 222 g/mol. The number of hydrogen-bond donors (Lipinski definition) is 0. The molecule has 0 unspecified atom stereocenters. The Morgan fingerprint density at radius 3 is 2.29 bits per heavy atom. The molecule has 40 valence electrons. The van der Waals surface area contributed by atoms with E-state index in [0.717, 1.165) is 0 Å². The summed E-state index contributed by atoms with van der Waals surface area (Å²) in [6.07, 6.45) is 0. The van der Waals surface area contributed by atoms with E-state index in [1.54, 1.807) is 0 Å². The van der Waals surface area contributed by atoms with Gasteiger partial charge in [-0.3, -0.25) is 0 Å². The maximum absolute atomic E-state index is 8.27. The van der Waals surface area contributed by atoms with Gasteiger partial charge in [0, 0.05) is 5.33 Å². The molecule has 0 N–H and O–H groups in total. The Bertz CT molecular complexity index is 92.4. The van der Waals surface area contributed by atoms with Gasteiger partial charge in [-0.1, -0.05) is 31.9 Å². The first-order valence-corrected chi connectivity index (χ1v) is 3.70. The average molecular weight is 227 g/mol. The minimum atomic E-state index is -0.382. The zero-order valence-electron chi connectivity index (χ0n) is 3.91. The van der Waals surface area contributed by atoms with Gasteiger partial charge < -0.3 is 0 Å². The number of nitrogens with zero attached hydrogens (tertiary/aromatic N) is 1. The summed E-state index contributed by atoms with van der Waals surface area (Å²) < 4.78 is -0.382. The van der Waals surface area contributed by atoms with Crippen molar-refractivity contribution in [2.24, 2.45) is 0 Å². The van der Waals surface area contributed by atoms with Gasteiger partial charge in [0.1, 0.15) is 4.32 Å². The first kappa shape index (κ1) is 7.45. The van der Waals surface area contributed by atoms with Crippen LogP contribution in [0.15, 0.2) is 0 Å². The van der Waals surface area contributed by atoms with E-state index in [9.17, 15) is 0 Å². The lowest BCUT2D eigenvalue weighted by molar-refractivity contribution is 0.959. The van der Waals surface area contributed by atoms with E-state index in [1.165, 1.54) is 0 Å². The maximum atomic E-state index is 8.27. The third-order valence-corrected chi connectivity index (χ3v) is 2.82. The van der Waals surface area contributed by atoms with Gasteiger partial charge in [0.2, 0.25) is 0 Å². The molecule has 0 amide bonds. The fraction of sp³-hybridized carbons (Fsp3) is 0.750. The summed E-state index contributed by atoms with van der Waals surface area (Å²) >= 11 is 6.33. The maximum Gasteiger partial charge on any atom is 0.119 e. The van der Waals surface area contributed by atoms with Gasteiger partial charge in [0.15, 0.2) is 0 Å². The monoisotopic (exact) mass is 225 g/mol. The van der Waals surface area contributed by atoms with E-state index in [0.29, 0.717) is 5.33 Å². The first-order valence-electron chi connectivity index (χ1n) is 1.78. The van der Waals surface area contributed by atoms with Crippen molar-refractivity contribution in [3.8, 4) is 6.07 Å². The molecule has 1 nitrogen and oxygen atoms in total. The molecule has 0 bridgehead atoms. The lowest BCUT2D eigenvalue weighted by Crippen LogP contribution is -2.12. The molecule has 0 rings (SSSR count). The minimum Gasteiger partial charge on any atom is -0.197 e. The lowest BCUT2D eigenvalue weighted by atomic mass is 10.3. The van der Waals surface area contributed by atoms with E-state index in [4.69, 9.17) is 5.26 Å². The van der Waals surface area contributed by atoms with Crippen LogP contribution in [0.2, 0.25) is 0 Å². The topological polar surface area (TPSA) is 23.8 Å². The molecule has 0 saturated heterocycles. The Labute approximate surface area is 60.0 Å². The fourth-order valence-corrected chi connectivity index (χ4v) is 0.155. The van der Waals surface area contributed by atoms with Crippen molar-refractivity contribution in [3.05, 3.63) is 0 Å². The van der Waals surface area contributed by atoms with Gasteiger partial charge in [-0.2, -0.15) is 5.26 Å². The molecule has 0 aliphatic heterocycles. The molecule has 0 aliphatic carbocycles. The highest BCUT2D eigenvalue weighted by molar-refractivity contribution is 9.12. The molecule has 0 aromatic rings. The number of rotatable bonds is 1. The van der Waals surface area contributed by atoms with Gasteiger partial charge in [0.05, 0.1) is 6.07 Å². The Kier molecular flexibility index (Phi) is 2.86. The second kappa shape index (κ2) is 2.68. The van der Waals surface area contributed by atoms with Crippen molar-refractivity contribution >= 4 is 31.9 Å². The summed E-state index contributed by atoms with van der Waals surface area (Å²) in [4.78, 5) is 0. The van der Waals surface area contributed by atoms with Crippen LogP contribution in [0.25, 0.3) is 0 Å². The highest BCUT2D eigenvalue weighted by Crippen LogP contribution is 2.17. The zero-order valence-corrected chi connectivity index (χ0v) is 7.08. The number of hydrogen-bond acceptors (Lipinski definition) is 1. The third kappa shape index (κ3) is 3.07. The minimum absolute atomic E-state index is 0.382. The predicted octanol–water partition coefficient (Wildman–Crippen LogP) is 2.06. The first-order chi connectivity index (χ1) is 3.12. The zero-order chi connectivity index (χ0) is 5.91. The largest absolute Gasteiger partial charge is 0.197 e. The Morgan fingerprint density at radius 2 is 2.29 bits per heavy atom. The quantitative estimate of drug-likeness (QED) is 0.629. The van der Waals surface area contributed by atoms with Crippen LogP contribution in [0.1, 0.15) is 6.92 Å². The summed E-state index contributed by atoms with van der Waals surface area (Å²) in [7, 11) is 0. The van der Waals surface area contributed by atoms with Crippen molar-refractivity contribution in [1.29, 1.82) is 5.26 Å². The van der Waals surface area contributed by atoms with Crippen LogP contribution in [0.4, 0.5) is 0 Å². The Balaban J connectivity index is 3.66. The SMILES string of the molecule is C[C@@](Br)(C#N)CBr. The van der Waals surface area contributed by atoms with E-state index in [1.807, 2.05) is 6.92 Å².